The summed E-state index contributed by atoms with van der Waals surface area (Å²) in [5.74, 6) is -0.736. The summed E-state index contributed by atoms with van der Waals surface area (Å²) >= 11 is 0. The minimum Gasteiger partial charge on any atom is -0.478 e. The van der Waals surface area contributed by atoms with Crippen molar-refractivity contribution in [1.29, 1.82) is 0 Å². The van der Waals surface area contributed by atoms with Gasteiger partial charge in [-0.3, -0.25) is 0 Å². The van der Waals surface area contributed by atoms with Gasteiger partial charge in [0.2, 0.25) is 0 Å². The van der Waals surface area contributed by atoms with E-state index in [1.54, 1.807) is 12.1 Å². The summed E-state index contributed by atoms with van der Waals surface area (Å²) in [7, 11) is 0. The first-order valence-corrected chi connectivity index (χ1v) is 6.63. The molecule has 2 rings (SSSR count). The van der Waals surface area contributed by atoms with E-state index in [0.29, 0.717) is 6.54 Å². The van der Waals surface area contributed by atoms with Crippen molar-refractivity contribution < 1.29 is 15.0 Å². The Labute approximate surface area is 118 Å². The van der Waals surface area contributed by atoms with E-state index in [2.05, 4.69) is 0 Å². The van der Waals surface area contributed by atoms with Gasteiger partial charge in [0.05, 0.1) is 11.7 Å². The second kappa shape index (κ2) is 5.92. The fourth-order valence-corrected chi connectivity index (χ4v) is 2.08. The quantitative estimate of drug-likeness (QED) is 0.880. The van der Waals surface area contributed by atoms with Gasteiger partial charge in [0.25, 0.3) is 0 Å². The number of aromatic nitrogens is 1. The summed E-state index contributed by atoms with van der Waals surface area (Å²) in [6.45, 7) is 4.62. The smallest absolute Gasteiger partial charge is 0.335 e. The van der Waals surface area contributed by atoms with Gasteiger partial charge >= 0.3 is 5.97 Å². The molecule has 20 heavy (non-hydrogen) atoms. The molecule has 0 radical (unpaired) electrons. The van der Waals surface area contributed by atoms with E-state index in [1.807, 2.05) is 49.0 Å². The predicted molar refractivity (Wildman–Crippen MR) is 76.7 cm³/mol. The Balaban J connectivity index is 2.08. The number of carbonyl (C=O) groups is 1. The summed E-state index contributed by atoms with van der Waals surface area (Å²) < 4.78 is 1.98. The van der Waals surface area contributed by atoms with Crippen LogP contribution >= 0.6 is 0 Å². The molecule has 0 fully saturated rings. The average molecular weight is 273 g/mol. The molecule has 0 saturated heterocycles. The SMILES string of the molecule is CC(C)C(O)c1ccn(Cc2ccc(C(=O)O)cc2)c1. The largest absolute Gasteiger partial charge is 0.478 e. The van der Waals surface area contributed by atoms with E-state index < -0.39 is 12.1 Å². The third kappa shape index (κ3) is 3.27. The molecule has 2 aromatic rings. The van der Waals surface area contributed by atoms with E-state index in [-0.39, 0.29) is 11.5 Å². The molecule has 106 valence electrons. The monoisotopic (exact) mass is 273 g/mol. The topological polar surface area (TPSA) is 62.5 Å². The van der Waals surface area contributed by atoms with Crippen LogP contribution in [0.15, 0.2) is 42.7 Å². The summed E-state index contributed by atoms with van der Waals surface area (Å²) in [6, 6.07) is 8.73. The molecule has 0 bridgehead atoms. The molecule has 1 unspecified atom stereocenters. The fourth-order valence-electron chi connectivity index (χ4n) is 2.08. The molecule has 1 aromatic heterocycles. The lowest BCUT2D eigenvalue weighted by atomic mass is 10.0. The Morgan fingerprint density at radius 3 is 2.40 bits per heavy atom. The maximum Gasteiger partial charge on any atom is 0.335 e. The molecule has 0 aliphatic heterocycles. The van der Waals surface area contributed by atoms with Crippen LogP contribution in [-0.2, 0) is 6.54 Å². The number of aliphatic hydroxyl groups is 1. The van der Waals surface area contributed by atoms with Crippen LogP contribution in [0.3, 0.4) is 0 Å². The number of carboxylic acid groups (broad SMARTS) is 1. The maximum absolute atomic E-state index is 10.8. The molecule has 1 atom stereocenters. The molecular weight excluding hydrogens is 254 g/mol. The van der Waals surface area contributed by atoms with Crippen LogP contribution in [0.1, 0.15) is 41.4 Å². The Bertz CT molecular complexity index is 584. The Kier molecular flexibility index (Phi) is 4.25. The zero-order valence-corrected chi connectivity index (χ0v) is 11.7. The van der Waals surface area contributed by atoms with E-state index in [1.165, 1.54) is 0 Å². The standard InChI is InChI=1S/C16H19NO3/c1-11(2)15(18)14-7-8-17(10-14)9-12-3-5-13(6-4-12)16(19)20/h3-8,10-11,15,18H,9H2,1-2H3,(H,19,20). The van der Waals surface area contributed by atoms with Crippen molar-refractivity contribution in [2.45, 2.75) is 26.5 Å². The third-order valence-electron chi connectivity index (χ3n) is 3.31. The number of aromatic carboxylic acids is 1. The summed E-state index contributed by atoms with van der Waals surface area (Å²) in [4.78, 5) is 10.8. The highest BCUT2D eigenvalue weighted by atomic mass is 16.4. The van der Waals surface area contributed by atoms with E-state index in [9.17, 15) is 9.90 Å². The first-order chi connectivity index (χ1) is 9.47. The van der Waals surface area contributed by atoms with Gasteiger partial charge in [0.15, 0.2) is 0 Å². The Hall–Kier alpha value is -2.07. The second-order valence-electron chi connectivity index (χ2n) is 5.31. The number of benzene rings is 1. The first-order valence-electron chi connectivity index (χ1n) is 6.63. The van der Waals surface area contributed by atoms with Crippen molar-refractivity contribution in [1.82, 2.24) is 4.57 Å². The molecule has 0 aliphatic rings. The van der Waals surface area contributed by atoms with Gasteiger partial charge in [-0.15, -0.1) is 0 Å². The van der Waals surface area contributed by atoms with Crippen LogP contribution < -0.4 is 0 Å². The van der Waals surface area contributed by atoms with E-state index >= 15 is 0 Å². The normalized spacial score (nSPS) is 12.6. The summed E-state index contributed by atoms with van der Waals surface area (Å²) in [5, 5.41) is 18.8. The van der Waals surface area contributed by atoms with Crippen molar-refractivity contribution in [2.24, 2.45) is 5.92 Å². The van der Waals surface area contributed by atoms with Gasteiger partial charge in [-0.2, -0.15) is 0 Å². The minimum atomic E-state index is -0.917. The summed E-state index contributed by atoms with van der Waals surface area (Å²) in [6.07, 6.45) is 3.40. The number of rotatable bonds is 5. The zero-order valence-electron chi connectivity index (χ0n) is 11.7. The van der Waals surface area contributed by atoms with Gasteiger partial charge in [-0.05, 0) is 35.2 Å². The van der Waals surface area contributed by atoms with Gasteiger partial charge in [-0.25, -0.2) is 4.79 Å². The molecule has 1 aromatic carbocycles. The van der Waals surface area contributed by atoms with Crippen LogP contribution in [0.5, 0.6) is 0 Å². The Morgan fingerprint density at radius 1 is 1.20 bits per heavy atom. The van der Waals surface area contributed by atoms with Crippen LogP contribution in [0.4, 0.5) is 0 Å². The third-order valence-corrected chi connectivity index (χ3v) is 3.31. The Morgan fingerprint density at radius 2 is 1.85 bits per heavy atom. The van der Waals surface area contributed by atoms with Gasteiger partial charge in [0.1, 0.15) is 0 Å². The first kappa shape index (κ1) is 14.3. The molecule has 1 heterocycles. The highest BCUT2D eigenvalue weighted by Crippen LogP contribution is 2.21. The lowest BCUT2D eigenvalue weighted by Gasteiger charge is -2.12. The van der Waals surface area contributed by atoms with E-state index in [4.69, 9.17) is 5.11 Å². The van der Waals surface area contributed by atoms with Gasteiger partial charge < -0.3 is 14.8 Å². The molecule has 4 nitrogen and oxygen atoms in total. The lowest BCUT2D eigenvalue weighted by Crippen LogP contribution is -2.04. The number of aliphatic hydroxyl groups excluding tert-OH is 1. The lowest BCUT2D eigenvalue weighted by molar-refractivity contribution is 0.0697. The number of hydrogen-bond acceptors (Lipinski definition) is 2. The maximum atomic E-state index is 10.8. The zero-order chi connectivity index (χ0) is 14.7. The van der Waals surface area contributed by atoms with Crippen molar-refractivity contribution in [3.63, 3.8) is 0 Å². The molecular formula is C16H19NO3. The minimum absolute atomic E-state index is 0.181. The molecule has 0 spiro atoms. The molecule has 2 N–H and O–H groups in total. The van der Waals surface area contributed by atoms with Crippen LogP contribution in [0.25, 0.3) is 0 Å². The highest BCUT2D eigenvalue weighted by molar-refractivity contribution is 5.87. The number of hydrogen-bond donors (Lipinski definition) is 2. The summed E-state index contributed by atoms with van der Waals surface area (Å²) in [5.41, 5.74) is 2.22. The fraction of sp³-hybridized carbons (Fsp3) is 0.312. The van der Waals surface area contributed by atoms with Crippen molar-refractivity contribution in [3.8, 4) is 0 Å². The van der Waals surface area contributed by atoms with Gasteiger partial charge in [0, 0.05) is 18.9 Å². The van der Waals surface area contributed by atoms with Crippen LogP contribution in [0, 0.1) is 5.92 Å². The predicted octanol–water partition coefficient (Wildman–Crippen LogP) is 2.92. The van der Waals surface area contributed by atoms with E-state index in [0.717, 1.165) is 11.1 Å². The van der Waals surface area contributed by atoms with Crippen molar-refractivity contribution in [2.75, 3.05) is 0 Å². The van der Waals surface area contributed by atoms with Crippen molar-refractivity contribution >= 4 is 5.97 Å². The van der Waals surface area contributed by atoms with Crippen molar-refractivity contribution in [3.05, 3.63) is 59.4 Å². The highest BCUT2D eigenvalue weighted by Gasteiger charge is 2.13. The second-order valence-corrected chi connectivity index (χ2v) is 5.31. The number of carboxylic acids is 1. The molecule has 0 amide bonds. The average Bonchev–Trinajstić information content (AvgIpc) is 2.86. The molecule has 4 heteroatoms. The number of nitrogens with zero attached hydrogens (tertiary/aromatic N) is 1. The molecule has 0 aliphatic carbocycles. The van der Waals surface area contributed by atoms with Gasteiger partial charge in [-0.1, -0.05) is 26.0 Å². The van der Waals surface area contributed by atoms with Crippen LogP contribution in [-0.4, -0.2) is 20.7 Å². The van der Waals surface area contributed by atoms with Crippen LogP contribution in [0.2, 0.25) is 0 Å². The molecule has 0 saturated carbocycles.